The summed E-state index contributed by atoms with van der Waals surface area (Å²) >= 11 is 1.38. The van der Waals surface area contributed by atoms with Crippen molar-refractivity contribution >= 4 is 21.4 Å². The van der Waals surface area contributed by atoms with E-state index in [1.807, 2.05) is 0 Å². The van der Waals surface area contributed by atoms with Gasteiger partial charge in [0.25, 0.3) is 0 Å². The highest BCUT2D eigenvalue weighted by Crippen LogP contribution is 2.22. The fraction of sp³-hybridized carbons (Fsp3) is 0.308. The van der Waals surface area contributed by atoms with Gasteiger partial charge in [0.1, 0.15) is 10.8 Å². The third-order valence-corrected chi connectivity index (χ3v) is 5.12. The van der Waals surface area contributed by atoms with E-state index in [0.29, 0.717) is 16.3 Å². The molecule has 21 heavy (non-hydrogen) atoms. The number of sulfonamides is 1. The van der Waals surface area contributed by atoms with Crippen LogP contribution < -0.4 is 9.46 Å². The van der Waals surface area contributed by atoms with E-state index >= 15 is 0 Å². The lowest BCUT2D eigenvalue weighted by Crippen LogP contribution is -2.24. The van der Waals surface area contributed by atoms with Gasteiger partial charge < -0.3 is 9.84 Å². The monoisotopic (exact) mass is 328 g/mol. The van der Waals surface area contributed by atoms with Crippen LogP contribution >= 0.6 is 11.3 Å². The Morgan fingerprint density at radius 2 is 2.24 bits per heavy atom. The average Bonchev–Trinajstić information content (AvgIpc) is 2.99. The molecule has 1 heterocycles. The fourth-order valence-corrected chi connectivity index (χ4v) is 3.72. The van der Waals surface area contributed by atoms with E-state index in [1.54, 1.807) is 23.7 Å². The van der Waals surface area contributed by atoms with Crippen LogP contribution in [0.4, 0.5) is 0 Å². The van der Waals surface area contributed by atoms with Crippen LogP contribution in [0.1, 0.15) is 10.6 Å². The molecule has 1 aromatic carbocycles. The van der Waals surface area contributed by atoms with Crippen LogP contribution in [-0.4, -0.2) is 32.2 Å². The number of aromatic nitrogens is 1. The van der Waals surface area contributed by atoms with Gasteiger partial charge in [0.05, 0.1) is 18.6 Å². The smallest absolute Gasteiger partial charge is 0.241 e. The number of hydrogen-bond acceptors (Lipinski definition) is 6. The van der Waals surface area contributed by atoms with Gasteiger partial charge in [-0.05, 0) is 30.2 Å². The quantitative estimate of drug-likeness (QED) is 0.796. The Balaban J connectivity index is 2.25. The summed E-state index contributed by atoms with van der Waals surface area (Å²) in [6.45, 7) is 0.00671. The predicted molar refractivity (Wildman–Crippen MR) is 79.9 cm³/mol. The molecule has 0 aliphatic heterocycles. The lowest BCUT2D eigenvalue weighted by atomic mass is 10.1. The largest absolute Gasteiger partial charge is 0.497 e. The van der Waals surface area contributed by atoms with Gasteiger partial charge in [-0.25, -0.2) is 18.1 Å². The summed E-state index contributed by atoms with van der Waals surface area (Å²) in [7, 11) is -2.16. The van der Waals surface area contributed by atoms with Gasteiger partial charge in [0, 0.05) is 18.2 Å². The fourth-order valence-electron chi connectivity index (χ4n) is 1.84. The Morgan fingerprint density at radius 3 is 2.86 bits per heavy atom. The Kier molecular flexibility index (Phi) is 5.29. The van der Waals surface area contributed by atoms with Crippen molar-refractivity contribution in [2.45, 2.75) is 17.9 Å². The van der Waals surface area contributed by atoms with Gasteiger partial charge >= 0.3 is 0 Å². The number of aliphatic hydroxyl groups is 1. The highest BCUT2D eigenvalue weighted by Gasteiger charge is 2.19. The van der Waals surface area contributed by atoms with E-state index in [9.17, 15) is 8.42 Å². The van der Waals surface area contributed by atoms with Gasteiger partial charge in [0.2, 0.25) is 10.0 Å². The molecule has 6 nitrogen and oxygen atoms in total. The molecule has 2 rings (SSSR count). The number of aliphatic hydroxyl groups excluding tert-OH is 1. The molecule has 0 atom stereocenters. The second-order valence-electron chi connectivity index (χ2n) is 4.20. The maximum atomic E-state index is 12.4. The molecule has 0 aliphatic carbocycles. The number of nitrogens with zero attached hydrogens (tertiary/aromatic N) is 1. The summed E-state index contributed by atoms with van der Waals surface area (Å²) in [6.07, 6.45) is 1.86. The first-order valence-electron chi connectivity index (χ1n) is 6.22. The molecule has 0 amide bonds. The van der Waals surface area contributed by atoms with Crippen LogP contribution in [0, 0.1) is 0 Å². The minimum atomic E-state index is -3.66. The van der Waals surface area contributed by atoms with Crippen molar-refractivity contribution in [3.05, 3.63) is 40.3 Å². The van der Waals surface area contributed by atoms with Crippen LogP contribution in [0.2, 0.25) is 0 Å². The van der Waals surface area contributed by atoms with E-state index in [0.717, 1.165) is 0 Å². The molecule has 0 fully saturated rings. The van der Waals surface area contributed by atoms with E-state index in [2.05, 4.69) is 9.71 Å². The zero-order valence-corrected chi connectivity index (χ0v) is 13.1. The number of hydrogen-bond donors (Lipinski definition) is 2. The molecular weight excluding hydrogens is 312 g/mol. The van der Waals surface area contributed by atoms with E-state index in [-0.39, 0.29) is 24.5 Å². The minimum absolute atomic E-state index is 0.137. The molecule has 1 aromatic heterocycles. The van der Waals surface area contributed by atoms with Crippen molar-refractivity contribution in [3.8, 4) is 5.75 Å². The average molecular weight is 328 g/mol. The molecule has 0 saturated carbocycles. The number of benzene rings is 1. The third-order valence-electron chi connectivity index (χ3n) is 2.84. The normalized spacial score (nSPS) is 11.5. The molecular formula is C13H16N2O4S2. The summed E-state index contributed by atoms with van der Waals surface area (Å²) in [5.41, 5.74) is 0.517. The van der Waals surface area contributed by atoms with Gasteiger partial charge in [-0.2, -0.15) is 0 Å². The highest BCUT2D eigenvalue weighted by atomic mass is 32.2. The predicted octanol–water partition coefficient (Wildman–Crippen LogP) is 1.16. The molecule has 0 radical (unpaired) electrons. The van der Waals surface area contributed by atoms with Crippen LogP contribution in [0.5, 0.6) is 5.75 Å². The van der Waals surface area contributed by atoms with Crippen molar-refractivity contribution in [2.75, 3.05) is 13.7 Å². The number of nitrogens with one attached hydrogen (secondary N) is 1. The summed E-state index contributed by atoms with van der Waals surface area (Å²) in [5.74, 6) is 0.553. The Morgan fingerprint density at radius 1 is 1.43 bits per heavy atom. The number of methoxy groups -OCH3 is 1. The van der Waals surface area contributed by atoms with Gasteiger partial charge in [-0.1, -0.05) is 0 Å². The van der Waals surface area contributed by atoms with Crippen LogP contribution in [-0.2, 0) is 23.0 Å². The van der Waals surface area contributed by atoms with E-state index in [4.69, 9.17) is 9.84 Å². The third kappa shape index (κ3) is 4.01. The van der Waals surface area contributed by atoms with Crippen molar-refractivity contribution in [3.63, 3.8) is 0 Å². The van der Waals surface area contributed by atoms with Gasteiger partial charge in [-0.15, -0.1) is 11.3 Å². The molecule has 0 bridgehead atoms. The summed E-state index contributed by atoms with van der Waals surface area (Å²) in [6, 6.07) is 4.68. The first-order valence-corrected chi connectivity index (χ1v) is 8.59. The Labute approximate surface area is 127 Å². The van der Waals surface area contributed by atoms with E-state index in [1.165, 1.54) is 24.5 Å². The summed E-state index contributed by atoms with van der Waals surface area (Å²) < 4.78 is 32.3. The van der Waals surface area contributed by atoms with Crippen molar-refractivity contribution < 1.29 is 18.3 Å². The summed E-state index contributed by atoms with van der Waals surface area (Å²) in [4.78, 5) is 4.18. The molecule has 8 heteroatoms. The zero-order valence-electron chi connectivity index (χ0n) is 11.4. The number of ether oxygens (including phenoxy) is 1. The molecule has 0 unspecified atom stereocenters. The van der Waals surface area contributed by atoms with Gasteiger partial charge in [-0.3, -0.25) is 0 Å². The van der Waals surface area contributed by atoms with Crippen LogP contribution in [0.3, 0.4) is 0 Å². The summed E-state index contributed by atoms with van der Waals surface area (Å²) in [5, 5.41) is 11.6. The second kappa shape index (κ2) is 6.99. The standard InChI is InChI=1S/C13H16N2O4S2/c1-19-11-2-3-12(10(8-11)4-6-16)21(17,18)15-9-13-14-5-7-20-13/h2-3,5,7-8,15-16H,4,6,9H2,1H3. The second-order valence-corrected chi connectivity index (χ2v) is 6.91. The number of thiazole rings is 1. The lowest BCUT2D eigenvalue weighted by molar-refractivity contribution is 0.298. The maximum absolute atomic E-state index is 12.4. The first-order chi connectivity index (χ1) is 10.1. The highest BCUT2D eigenvalue weighted by molar-refractivity contribution is 7.89. The SMILES string of the molecule is COc1ccc(S(=O)(=O)NCc2nccs2)c(CCO)c1. The molecule has 114 valence electrons. The topological polar surface area (TPSA) is 88.5 Å². The van der Waals surface area contributed by atoms with Crippen LogP contribution in [0.15, 0.2) is 34.7 Å². The van der Waals surface area contributed by atoms with Gasteiger partial charge in [0.15, 0.2) is 0 Å². The van der Waals surface area contributed by atoms with E-state index < -0.39 is 10.0 Å². The molecule has 0 saturated heterocycles. The van der Waals surface area contributed by atoms with Crippen molar-refractivity contribution in [1.82, 2.24) is 9.71 Å². The first kappa shape index (κ1) is 15.9. The molecule has 2 N–H and O–H groups in total. The zero-order chi connectivity index (χ0) is 15.3. The molecule has 0 aliphatic rings. The Bertz CT molecular complexity index is 684. The van der Waals surface area contributed by atoms with Crippen LogP contribution in [0.25, 0.3) is 0 Å². The van der Waals surface area contributed by atoms with Crippen molar-refractivity contribution in [2.24, 2.45) is 0 Å². The maximum Gasteiger partial charge on any atom is 0.241 e. The number of rotatable bonds is 7. The molecule has 0 spiro atoms. The lowest BCUT2D eigenvalue weighted by Gasteiger charge is -2.12. The van der Waals surface area contributed by atoms with Crippen molar-refractivity contribution in [1.29, 1.82) is 0 Å². The molecule has 2 aromatic rings. The minimum Gasteiger partial charge on any atom is -0.497 e. The Hall–Kier alpha value is -1.48.